The van der Waals surface area contributed by atoms with E-state index in [9.17, 15) is 4.79 Å². The average Bonchev–Trinajstić information content (AvgIpc) is 2.67. The molecule has 0 atom stereocenters. The predicted octanol–water partition coefficient (Wildman–Crippen LogP) is 5.71. The van der Waals surface area contributed by atoms with Crippen LogP contribution in [0, 0.1) is 0 Å². The summed E-state index contributed by atoms with van der Waals surface area (Å²) >= 11 is 3.37. The molecule has 132 valence electrons. The molecule has 3 aromatic carbocycles. The van der Waals surface area contributed by atoms with Crippen molar-refractivity contribution in [3.63, 3.8) is 0 Å². The second-order valence-electron chi connectivity index (χ2n) is 5.93. The maximum absolute atomic E-state index is 12.3. The van der Waals surface area contributed by atoms with E-state index in [0.29, 0.717) is 12.2 Å². The smallest absolute Gasteiger partial charge is 0.255 e. The zero-order valence-corrected chi connectivity index (χ0v) is 15.9. The molecule has 3 rings (SSSR count). The molecule has 0 unspecified atom stereocenters. The third-order valence-electron chi connectivity index (χ3n) is 3.92. The van der Waals surface area contributed by atoms with Crippen LogP contribution >= 0.6 is 15.9 Å². The number of carbonyl (C=O) groups is 1. The molecule has 4 heteroatoms. The highest BCUT2D eigenvalue weighted by atomic mass is 79.9. The van der Waals surface area contributed by atoms with Gasteiger partial charge in [0.25, 0.3) is 5.91 Å². The lowest BCUT2D eigenvalue weighted by Crippen LogP contribution is -2.11. The zero-order chi connectivity index (χ0) is 18.2. The Balaban J connectivity index is 1.51. The number of rotatable bonds is 7. The molecule has 0 aromatic heterocycles. The molecule has 3 aromatic rings. The van der Waals surface area contributed by atoms with Gasteiger partial charge in [0.05, 0.1) is 6.61 Å². The first kappa shape index (κ1) is 18.2. The summed E-state index contributed by atoms with van der Waals surface area (Å²) in [6.07, 6.45) is 1.93. The average molecular weight is 410 g/mol. The summed E-state index contributed by atoms with van der Waals surface area (Å²) in [5.41, 5.74) is 2.65. The van der Waals surface area contributed by atoms with Gasteiger partial charge in [-0.15, -0.1) is 0 Å². The van der Waals surface area contributed by atoms with Gasteiger partial charge < -0.3 is 10.1 Å². The Kier molecular flexibility index (Phi) is 6.45. The Morgan fingerprint density at radius 3 is 2.46 bits per heavy atom. The standard InChI is InChI=1S/C22H20BrNO2/c23-19-13-11-18(12-14-19)22(25)24-20-9-4-10-21(16-20)26-15-5-8-17-6-2-1-3-7-17/h1-4,6-7,9-14,16H,5,8,15H2,(H,24,25). The third-order valence-corrected chi connectivity index (χ3v) is 4.45. The molecule has 0 saturated carbocycles. The Bertz CT molecular complexity index is 848. The summed E-state index contributed by atoms with van der Waals surface area (Å²) in [5, 5.41) is 2.90. The first-order chi connectivity index (χ1) is 12.7. The number of hydrogen-bond donors (Lipinski definition) is 1. The van der Waals surface area contributed by atoms with Crippen LogP contribution in [-0.2, 0) is 6.42 Å². The number of hydrogen-bond acceptors (Lipinski definition) is 2. The Labute approximate surface area is 162 Å². The van der Waals surface area contributed by atoms with Gasteiger partial charge in [-0.2, -0.15) is 0 Å². The van der Waals surface area contributed by atoms with Gasteiger partial charge in [-0.3, -0.25) is 4.79 Å². The Morgan fingerprint density at radius 1 is 0.923 bits per heavy atom. The van der Waals surface area contributed by atoms with E-state index in [-0.39, 0.29) is 5.91 Å². The van der Waals surface area contributed by atoms with Gasteiger partial charge in [0.1, 0.15) is 5.75 Å². The lowest BCUT2D eigenvalue weighted by Gasteiger charge is -2.09. The number of ether oxygens (including phenoxy) is 1. The topological polar surface area (TPSA) is 38.3 Å². The van der Waals surface area contributed by atoms with E-state index in [1.54, 1.807) is 12.1 Å². The molecule has 0 aliphatic rings. The number of amides is 1. The van der Waals surface area contributed by atoms with E-state index < -0.39 is 0 Å². The summed E-state index contributed by atoms with van der Waals surface area (Å²) in [7, 11) is 0. The molecule has 0 spiro atoms. The number of halogens is 1. The van der Waals surface area contributed by atoms with Gasteiger partial charge in [0.2, 0.25) is 0 Å². The minimum absolute atomic E-state index is 0.140. The molecular formula is C22H20BrNO2. The summed E-state index contributed by atoms with van der Waals surface area (Å²) in [6, 6.07) is 25.1. The van der Waals surface area contributed by atoms with Crippen molar-refractivity contribution in [3.05, 3.63) is 94.5 Å². The molecular weight excluding hydrogens is 390 g/mol. The fraction of sp³-hybridized carbons (Fsp3) is 0.136. The quantitative estimate of drug-likeness (QED) is 0.507. The van der Waals surface area contributed by atoms with Crippen LogP contribution in [0.2, 0.25) is 0 Å². The van der Waals surface area contributed by atoms with E-state index in [4.69, 9.17) is 4.74 Å². The van der Waals surface area contributed by atoms with Crippen LogP contribution in [-0.4, -0.2) is 12.5 Å². The van der Waals surface area contributed by atoms with Crippen LogP contribution in [0.3, 0.4) is 0 Å². The molecule has 26 heavy (non-hydrogen) atoms. The summed E-state index contributed by atoms with van der Waals surface area (Å²) in [5.74, 6) is 0.616. The molecule has 0 aliphatic carbocycles. The van der Waals surface area contributed by atoms with Gasteiger partial charge in [-0.05, 0) is 54.8 Å². The van der Waals surface area contributed by atoms with Gasteiger partial charge in [0, 0.05) is 21.8 Å². The molecule has 1 N–H and O–H groups in total. The highest BCUT2D eigenvalue weighted by Gasteiger charge is 2.06. The van der Waals surface area contributed by atoms with Crippen LogP contribution in [0.5, 0.6) is 5.75 Å². The second kappa shape index (κ2) is 9.20. The molecule has 0 saturated heterocycles. The highest BCUT2D eigenvalue weighted by Crippen LogP contribution is 2.19. The summed E-state index contributed by atoms with van der Waals surface area (Å²) in [6.45, 7) is 0.638. The molecule has 3 nitrogen and oxygen atoms in total. The van der Waals surface area contributed by atoms with Crippen molar-refractivity contribution >= 4 is 27.5 Å². The van der Waals surface area contributed by atoms with Crippen LogP contribution in [0.1, 0.15) is 22.3 Å². The fourth-order valence-electron chi connectivity index (χ4n) is 2.58. The van der Waals surface area contributed by atoms with Crippen molar-refractivity contribution in [2.45, 2.75) is 12.8 Å². The number of benzene rings is 3. The van der Waals surface area contributed by atoms with E-state index in [0.717, 1.165) is 28.8 Å². The first-order valence-electron chi connectivity index (χ1n) is 8.54. The fourth-order valence-corrected chi connectivity index (χ4v) is 2.84. The lowest BCUT2D eigenvalue weighted by atomic mass is 10.1. The number of carbonyl (C=O) groups excluding carboxylic acids is 1. The van der Waals surface area contributed by atoms with Gasteiger partial charge in [-0.1, -0.05) is 52.3 Å². The van der Waals surface area contributed by atoms with Crippen molar-refractivity contribution in [3.8, 4) is 5.75 Å². The van der Waals surface area contributed by atoms with Crippen molar-refractivity contribution < 1.29 is 9.53 Å². The number of anilines is 1. The third kappa shape index (κ3) is 5.46. The lowest BCUT2D eigenvalue weighted by molar-refractivity contribution is 0.102. The second-order valence-corrected chi connectivity index (χ2v) is 6.84. The molecule has 1 amide bonds. The summed E-state index contributed by atoms with van der Waals surface area (Å²) < 4.78 is 6.76. The highest BCUT2D eigenvalue weighted by molar-refractivity contribution is 9.10. The largest absolute Gasteiger partial charge is 0.494 e. The maximum Gasteiger partial charge on any atom is 0.255 e. The monoisotopic (exact) mass is 409 g/mol. The normalized spacial score (nSPS) is 10.3. The van der Waals surface area contributed by atoms with Crippen LogP contribution in [0.4, 0.5) is 5.69 Å². The molecule has 0 fully saturated rings. The van der Waals surface area contributed by atoms with Crippen molar-refractivity contribution in [2.24, 2.45) is 0 Å². The van der Waals surface area contributed by atoms with E-state index in [1.807, 2.05) is 54.6 Å². The molecule has 0 radical (unpaired) electrons. The predicted molar refractivity (Wildman–Crippen MR) is 109 cm³/mol. The van der Waals surface area contributed by atoms with Crippen molar-refractivity contribution in [2.75, 3.05) is 11.9 Å². The van der Waals surface area contributed by atoms with Gasteiger partial charge in [0.15, 0.2) is 0 Å². The number of nitrogens with one attached hydrogen (secondary N) is 1. The minimum atomic E-state index is -0.140. The molecule has 0 heterocycles. The van der Waals surface area contributed by atoms with E-state index >= 15 is 0 Å². The number of aryl methyl sites for hydroxylation is 1. The van der Waals surface area contributed by atoms with Crippen molar-refractivity contribution in [1.29, 1.82) is 0 Å². The molecule has 0 aliphatic heterocycles. The van der Waals surface area contributed by atoms with Crippen molar-refractivity contribution in [1.82, 2.24) is 0 Å². The molecule has 0 bridgehead atoms. The van der Waals surface area contributed by atoms with Crippen LogP contribution in [0.15, 0.2) is 83.3 Å². The Morgan fingerprint density at radius 2 is 1.69 bits per heavy atom. The van der Waals surface area contributed by atoms with Gasteiger partial charge in [-0.25, -0.2) is 0 Å². The van der Waals surface area contributed by atoms with E-state index in [1.165, 1.54) is 5.56 Å². The SMILES string of the molecule is O=C(Nc1cccc(OCCCc2ccccc2)c1)c1ccc(Br)cc1. The first-order valence-corrected chi connectivity index (χ1v) is 9.34. The van der Waals surface area contributed by atoms with E-state index in [2.05, 4.69) is 33.4 Å². The van der Waals surface area contributed by atoms with Gasteiger partial charge >= 0.3 is 0 Å². The summed E-state index contributed by atoms with van der Waals surface area (Å²) in [4.78, 5) is 12.3. The minimum Gasteiger partial charge on any atom is -0.494 e. The zero-order valence-electron chi connectivity index (χ0n) is 14.3. The van der Waals surface area contributed by atoms with Crippen LogP contribution in [0.25, 0.3) is 0 Å². The maximum atomic E-state index is 12.3. The van der Waals surface area contributed by atoms with Crippen LogP contribution < -0.4 is 10.1 Å². The Hall–Kier alpha value is -2.59.